The van der Waals surface area contributed by atoms with Gasteiger partial charge in [0.25, 0.3) is 0 Å². The molecule has 0 bridgehead atoms. The lowest BCUT2D eigenvalue weighted by molar-refractivity contribution is 0.336. The Kier molecular flexibility index (Phi) is 8.19. The molecule has 0 N–H and O–H groups in total. The molecule has 0 saturated heterocycles. The average molecular weight is 212 g/mol. The second-order valence-corrected chi connectivity index (χ2v) is 6.23. The van der Waals surface area contributed by atoms with E-state index in [1.807, 2.05) is 0 Å². The largest absolute Gasteiger partial charge is 0.0628 e. The molecule has 0 fully saturated rings. The summed E-state index contributed by atoms with van der Waals surface area (Å²) in [5.41, 5.74) is 0. The normalized spacial score (nSPS) is 16.0. The summed E-state index contributed by atoms with van der Waals surface area (Å²) in [7, 11) is 0. The Labute approximate surface area is 97.8 Å². The predicted molar refractivity (Wildman–Crippen MR) is 71.1 cm³/mol. The van der Waals surface area contributed by atoms with Gasteiger partial charge in [0, 0.05) is 0 Å². The topological polar surface area (TPSA) is 0 Å². The van der Waals surface area contributed by atoms with Gasteiger partial charge in [-0.05, 0) is 23.7 Å². The Hall–Kier alpha value is 0. The lowest BCUT2D eigenvalue weighted by Crippen LogP contribution is -2.06. The van der Waals surface area contributed by atoms with E-state index in [0.717, 1.165) is 23.7 Å². The van der Waals surface area contributed by atoms with Gasteiger partial charge in [-0.1, -0.05) is 73.6 Å². The predicted octanol–water partition coefficient (Wildman–Crippen LogP) is 5.52. The molecule has 0 rings (SSSR count). The molecule has 0 aliphatic heterocycles. The SMILES string of the molecule is CC(C)CCCC(C)CCC(C)C(C)C. The van der Waals surface area contributed by atoms with Crippen molar-refractivity contribution >= 4 is 0 Å². The third kappa shape index (κ3) is 8.96. The van der Waals surface area contributed by atoms with Gasteiger partial charge >= 0.3 is 0 Å². The highest BCUT2D eigenvalue weighted by molar-refractivity contribution is 4.61. The first-order valence-corrected chi connectivity index (χ1v) is 6.93. The van der Waals surface area contributed by atoms with E-state index in [2.05, 4.69) is 41.5 Å². The lowest BCUT2D eigenvalue weighted by Gasteiger charge is -2.18. The van der Waals surface area contributed by atoms with E-state index in [4.69, 9.17) is 0 Å². The molecule has 0 aromatic heterocycles. The number of hydrogen-bond donors (Lipinski definition) is 0. The summed E-state index contributed by atoms with van der Waals surface area (Å²) in [5, 5.41) is 0. The molecular formula is C15H32. The molecule has 0 spiro atoms. The van der Waals surface area contributed by atoms with E-state index < -0.39 is 0 Å². The molecule has 2 unspecified atom stereocenters. The Morgan fingerprint density at radius 3 is 1.73 bits per heavy atom. The Morgan fingerprint density at radius 1 is 0.667 bits per heavy atom. The molecular weight excluding hydrogens is 180 g/mol. The van der Waals surface area contributed by atoms with Crippen molar-refractivity contribution in [2.24, 2.45) is 23.7 Å². The van der Waals surface area contributed by atoms with E-state index in [1.165, 1.54) is 32.1 Å². The first-order valence-electron chi connectivity index (χ1n) is 6.93. The summed E-state index contributed by atoms with van der Waals surface area (Å²) in [4.78, 5) is 0. The minimum Gasteiger partial charge on any atom is -0.0628 e. The van der Waals surface area contributed by atoms with Crippen LogP contribution in [0.25, 0.3) is 0 Å². The van der Waals surface area contributed by atoms with Gasteiger partial charge in [0.15, 0.2) is 0 Å². The van der Waals surface area contributed by atoms with Crippen LogP contribution in [0.15, 0.2) is 0 Å². The molecule has 0 saturated carbocycles. The molecule has 0 aromatic rings. The van der Waals surface area contributed by atoms with Crippen LogP contribution in [0.1, 0.15) is 73.6 Å². The third-order valence-electron chi connectivity index (χ3n) is 3.73. The molecule has 0 aliphatic carbocycles. The van der Waals surface area contributed by atoms with Crippen molar-refractivity contribution < 1.29 is 0 Å². The molecule has 15 heavy (non-hydrogen) atoms. The highest BCUT2D eigenvalue weighted by atomic mass is 14.2. The number of hydrogen-bond acceptors (Lipinski definition) is 0. The van der Waals surface area contributed by atoms with E-state index >= 15 is 0 Å². The molecule has 0 radical (unpaired) electrons. The van der Waals surface area contributed by atoms with Crippen molar-refractivity contribution in [3.05, 3.63) is 0 Å². The van der Waals surface area contributed by atoms with Gasteiger partial charge < -0.3 is 0 Å². The molecule has 0 nitrogen and oxygen atoms in total. The first-order chi connectivity index (χ1) is 6.93. The molecule has 0 heteroatoms. The monoisotopic (exact) mass is 212 g/mol. The standard InChI is InChI=1S/C15H32/c1-12(2)8-7-9-14(5)10-11-15(6)13(3)4/h12-15H,7-11H2,1-6H3. The summed E-state index contributed by atoms with van der Waals surface area (Å²) < 4.78 is 0. The van der Waals surface area contributed by atoms with Crippen LogP contribution in [0.5, 0.6) is 0 Å². The van der Waals surface area contributed by atoms with E-state index in [1.54, 1.807) is 0 Å². The highest BCUT2D eigenvalue weighted by Gasteiger charge is 2.09. The van der Waals surface area contributed by atoms with Gasteiger partial charge in [-0.2, -0.15) is 0 Å². The smallest absolute Gasteiger partial charge is 0.0420 e. The van der Waals surface area contributed by atoms with E-state index in [9.17, 15) is 0 Å². The zero-order chi connectivity index (χ0) is 11.8. The first kappa shape index (κ1) is 15.0. The fraction of sp³-hybridized carbons (Fsp3) is 1.00. The minimum absolute atomic E-state index is 0.855. The van der Waals surface area contributed by atoms with Crippen molar-refractivity contribution in [1.29, 1.82) is 0 Å². The molecule has 0 amide bonds. The fourth-order valence-electron chi connectivity index (χ4n) is 1.90. The lowest BCUT2D eigenvalue weighted by atomic mass is 9.88. The molecule has 0 aliphatic rings. The summed E-state index contributed by atoms with van der Waals surface area (Å²) in [6.45, 7) is 14.2. The maximum Gasteiger partial charge on any atom is -0.0420 e. The summed E-state index contributed by atoms with van der Waals surface area (Å²) in [6, 6.07) is 0. The van der Waals surface area contributed by atoms with Crippen LogP contribution in [-0.4, -0.2) is 0 Å². The van der Waals surface area contributed by atoms with Gasteiger partial charge in [-0.15, -0.1) is 0 Å². The van der Waals surface area contributed by atoms with Crippen LogP contribution in [0, 0.1) is 23.7 Å². The summed E-state index contributed by atoms with van der Waals surface area (Å²) in [5.74, 6) is 3.57. The van der Waals surface area contributed by atoms with Crippen LogP contribution < -0.4 is 0 Å². The van der Waals surface area contributed by atoms with Crippen LogP contribution in [0.3, 0.4) is 0 Å². The fourth-order valence-corrected chi connectivity index (χ4v) is 1.90. The Bertz CT molecular complexity index is 135. The van der Waals surface area contributed by atoms with E-state index in [0.29, 0.717) is 0 Å². The van der Waals surface area contributed by atoms with Gasteiger partial charge in [-0.3, -0.25) is 0 Å². The minimum atomic E-state index is 0.855. The van der Waals surface area contributed by atoms with Crippen LogP contribution in [0.2, 0.25) is 0 Å². The second-order valence-electron chi connectivity index (χ2n) is 6.23. The maximum atomic E-state index is 2.42. The average Bonchev–Trinajstić information content (AvgIpc) is 2.13. The van der Waals surface area contributed by atoms with Crippen LogP contribution >= 0.6 is 0 Å². The molecule has 92 valence electrons. The molecule has 2 atom stereocenters. The zero-order valence-corrected chi connectivity index (χ0v) is 11.8. The van der Waals surface area contributed by atoms with Crippen molar-refractivity contribution in [2.75, 3.05) is 0 Å². The van der Waals surface area contributed by atoms with Crippen LogP contribution in [-0.2, 0) is 0 Å². The Balaban J connectivity index is 3.44. The van der Waals surface area contributed by atoms with Crippen molar-refractivity contribution in [3.8, 4) is 0 Å². The summed E-state index contributed by atoms with van der Waals surface area (Å²) in [6.07, 6.45) is 7.11. The van der Waals surface area contributed by atoms with Gasteiger partial charge in [0.1, 0.15) is 0 Å². The maximum absolute atomic E-state index is 2.42. The molecule has 0 aromatic carbocycles. The third-order valence-corrected chi connectivity index (χ3v) is 3.73. The van der Waals surface area contributed by atoms with Crippen molar-refractivity contribution in [3.63, 3.8) is 0 Å². The highest BCUT2D eigenvalue weighted by Crippen LogP contribution is 2.22. The van der Waals surface area contributed by atoms with Gasteiger partial charge in [-0.25, -0.2) is 0 Å². The van der Waals surface area contributed by atoms with Crippen molar-refractivity contribution in [1.82, 2.24) is 0 Å². The van der Waals surface area contributed by atoms with Crippen LogP contribution in [0.4, 0.5) is 0 Å². The zero-order valence-electron chi connectivity index (χ0n) is 11.8. The summed E-state index contributed by atoms with van der Waals surface area (Å²) >= 11 is 0. The molecule has 0 heterocycles. The second kappa shape index (κ2) is 8.19. The van der Waals surface area contributed by atoms with Gasteiger partial charge in [0.05, 0.1) is 0 Å². The van der Waals surface area contributed by atoms with Crippen molar-refractivity contribution in [2.45, 2.75) is 73.6 Å². The quantitative estimate of drug-likeness (QED) is 0.497. The number of rotatable bonds is 8. The van der Waals surface area contributed by atoms with Gasteiger partial charge in [0.2, 0.25) is 0 Å². The van der Waals surface area contributed by atoms with E-state index in [-0.39, 0.29) is 0 Å². The Morgan fingerprint density at radius 2 is 1.27 bits per heavy atom.